The monoisotopic (exact) mass is 329 g/mol. The number of halogens is 1. The Morgan fingerprint density at radius 3 is 2.74 bits per heavy atom. The van der Waals surface area contributed by atoms with Gasteiger partial charge in [0.25, 0.3) is 0 Å². The van der Waals surface area contributed by atoms with Crippen LogP contribution in [-0.4, -0.2) is 21.6 Å². The van der Waals surface area contributed by atoms with Gasteiger partial charge < -0.3 is 10.3 Å². The Hall–Kier alpha value is -2.34. The third kappa shape index (κ3) is 4.32. The molecule has 0 bridgehead atoms. The fraction of sp³-hybridized carbons (Fsp3) is 0.176. The topological polar surface area (TPSA) is 57.8 Å². The number of hydrogen-bond acceptors (Lipinski definition) is 3. The maximum Gasteiger partial charge on any atom is 0.230 e. The molecule has 0 fully saturated rings. The van der Waals surface area contributed by atoms with Crippen LogP contribution >= 0.6 is 11.8 Å². The van der Waals surface area contributed by atoms with Gasteiger partial charge in [0.1, 0.15) is 11.6 Å². The zero-order valence-electron chi connectivity index (χ0n) is 12.4. The van der Waals surface area contributed by atoms with Gasteiger partial charge in [-0.15, -0.1) is 11.8 Å². The molecule has 2 N–H and O–H groups in total. The number of nitrogens with one attached hydrogen (secondary N) is 2. The molecule has 0 aliphatic rings. The second-order valence-corrected chi connectivity index (χ2v) is 6.08. The lowest BCUT2D eigenvalue weighted by Gasteiger charge is -2.05. The number of amides is 1. The number of thioether (sulfide) groups is 1. The molecule has 0 radical (unpaired) electrons. The number of hydrogen-bond donors (Lipinski definition) is 2. The Bertz CT molecular complexity index is 768. The quantitative estimate of drug-likeness (QED) is 0.730. The number of carbonyl (C=O) groups excluding carboxylic acids is 1. The van der Waals surface area contributed by atoms with E-state index in [4.69, 9.17) is 0 Å². The number of carbonyl (C=O) groups is 1. The van der Waals surface area contributed by atoms with Crippen molar-refractivity contribution in [1.82, 2.24) is 15.3 Å². The van der Waals surface area contributed by atoms with Crippen LogP contribution in [0.1, 0.15) is 11.4 Å². The third-order valence-corrected chi connectivity index (χ3v) is 4.26. The molecule has 118 valence electrons. The molecule has 6 heteroatoms. The first-order chi connectivity index (χ1) is 11.2. The van der Waals surface area contributed by atoms with Gasteiger partial charge in [-0.25, -0.2) is 9.37 Å². The van der Waals surface area contributed by atoms with Crippen LogP contribution in [0.5, 0.6) is 0 Å². The minimum absolute atomic E-state index is 0.0459. The van der Waals surface area contributed by atoms with E-state index in [-0.39, 0.29) is 11.7 Å². The van der Waals surface area contributed by atoms with E-state index in [2.05, 4.69) is 15.3 Å². The van der Waals surface area contributed by atoms with Crippen molar-refractivity contribution in [1.29, 1.82) is 0 Å². The minimum Gasteiger partial charge on any atom is -0.351 e. The van der Waals surface area contributed by atoms with E-state index in [0.717, 1.165) is 22.4 Å². The fourth-order valence-electron chi connectivity index (χ4n) is 2.17. The van der Waals surface area contributed by atoms with Crippen LogP contribution < -0.4 is 5.32 Å². The van der Waals surface area contributed by atoms with Crippen LogP contribution in [0.15, 0.2) is 48.5 Å². The van der Waals surface area contributed by atoms with Gasteiger partial charge in [-0.2, -0.15) is 0 Å². The summed E-state index contributed by atoms with van der Waals surface area (Å²) in [5, 5.41) is 2.82. The number of aromatic nitrogens is 2. The number of rotatable bonds is 6. The van der Waals surface area contributed by atoms with Gasteiger partial charge in [0, 0.05) is 6.54 Å². The van der Waals surface area contributed by atoms with E-state index < -0.39 is 0 Å². The minimum atomic E-state index is -0.276. The van der Waals surface area contributed by atoms with Crippen molar-refractivity contribution in [2.75, 3.05) is 5.75 Å². The molecule has 1 aromatic heterocycles. The van der Waals surface area contributed by atoms with Crippen LogP contribution in [-0.2, 0) is 17.1 Å². The Morgan fingerprint density at radius 1 is 1.17 bits per heavy atom. The number of nitrogens with zero attached hydrogens (tertiary/aromatic N) is 1. The molecule has 0 aliphatic carbocycles. The predicted molar refractivity (Wildman–Crippen MR) is 90.5 cm³/mol. The maximum absolute atomic E-state index is 12.8. The fourth-order valence-corrected chi connectivity index (χ4v) is 2.89. The van der Waals surface area contributed by atoms with Crippen molar-refractivity contribution in [3.63, 3.8) is 0 Å². The van der Waals surface area contributed by atoms with Gasteiger partial charge >= 0.3 is 0 Å². The highest BCUT2D eigenvalue weighted by atomic mass is 32.2. The molecule has 3 rings (SSSR count). The largest absolute Gasteiger partial charge is 0.351 e. The van der Waals surface area contributed by atoms with Gasteiger partial charge in [0.15, 0.2) is 0 Å². The molecule has 0 aliphatic heterocycles. The Labute approximate surface area is 137 Å². The van der Waals surface area contributed by atoms with Crippen LogP contribution in [0.4, 0.5) is 4.39 Å². The summed E-state index contributed by atoms with van der Waals surface area (Å²) in [5.41, 5.74) is 2.81. The molecule has 0 atom stereocenters. The Balaban J connectivity index is 1.43. The highest BCUT2D eigenvalue weighted by Crippen LogP contribution is 2.14. The highest BCUT2D eigenvalue weighted by Gasteiger charge is 2.05. The average Bonchev–Trinajstić information content (AvgIpc) is 2.97. The van der Waals surface area contributed by atoms with Crippen molar-refractivity contribution in [2.24, 2.45) is 0 Å². The smallest absolute Gasteiger partial charge is 0.230 e. The van der Waals surface area contributed by atoms with E-state index in [0.29, 0.717) is 18.1 Å². The molecular formula is C17H16FN3OS. The summed E-state index contributed by atoms with van der Waals surface area (Å²) in [5.74, 6) is 1.55. The molecule has 23 heavy (non-hydrogen) atoms. The molecule has 2 aromatic carbocycles. The summed E-state index contributed by atoms with van der Waals surface area (Å²) in [6.07, 6.45) is 0. The highest BCUT2D eigenvalue weighted by molar-refractivity contribution is 7.99. The van der Waals surface area contributed by atoms with E-state index in [1.54, 1.807) is 12.1 Å². The zero-order valence-corrected chi connectivity index (χ0v) is 13.2. The molecule has 3 aromatic rings. The summed E-state index contributed by atoms with van der Waals surface area (Å²) in [6.45, 7) is 0.407. The predicted octanol–water partition coefficient (Wildman–Crippen LogP) is 3.25. The number of fused-ring (bicyclic) bond motifs is 1. The average molecular weight is 329 g/mol. The van der Waals surface area contributed by atoms with Gasteiger partial charge in [-0.1, -0.05) is 24.3 Å². The van der Waals surface area contributed by atoms with Crippen molar-refractivity contribution < 1.29 is 9.18 Å². The number of H-pyrrole nitrogens is 1. The van der Waals surface area contributed by atoms with Gasteiger partial charge in [-0.3, -0.25) is 4.79 Å². The standard InChI is InChI=1S/C17H16FN3OS/c18-13-7-5-12(6-8-13)9-19-17(22)11-23-10-16-20-14-3-1-2-4-15(14)21-16/h1-8H,9-11H2,(H,19,22)(H,20,21). The molecule has 0 unspecified atom stereocenters. The third-order valence-electron chi connectivity index (χ3n) is 3.31. The maximum atomic E-state index is 12.8. The van der Waals surface area contributed by atoms with Crippen LogP contribution in [0.2, 0.25) is 0 Å². The first kappa shape index (κ1) is 15.6. The molecular weight excluding hydrogens is 313 g/mol. The Morgan fingerprint density at radius 2 is 1.96 bits per heavy atom. The second-order valence-electron chi connectivity index (χ2n) is 5.10. The summed E-state index contributed by atoms with van der Waals surface area (Å²) < 4.78 is 12.8. The molecule has 1 heterocycles. The summed E-state index contributed by atoms with van der Waals surface area (Å²) >= 11 is 1.50. The van der Waals surface area contributed by atoms with E-state index in [1.807, 2.05) is 24.3 Å². The molecule has 1 amide bonds. The molecule has 4 nitrogen and oxygen atoms in total. The van der Waals surface area contributed by atoms with Crippen molar-refractivity contribution in [3.8, 4) is 0 Å². The first-order valence-electron chi connectivity index (χ1n) is 7.23. The first-order valence-corrected chi connectivity index (χ1v) is 8.39. The van der Waals surface area contributed by atoms with Crippen LogP contribution in [0.25, 0.3) is 11.0 Å². The van der Waals surface area contributed by atoms with Gasteiger partial charge in [0.2, 0.25) is 5.91 Å². The van der Waals surface area contributed by atoms with E-state index in [1.165, 1.54) is 23.9 Å². The number of benzene rings is 2. The van der Waals surface area contributed by atoms with Gasteiger partial charge in [0.05, 0.1) is 22.5 Å². The lowest BCUT2D eigenvalue weighted by molar-refractivity contribution is -0.118. The summed E-state index contributed by atoms with van der Waals surface area (Å²) in [4.78, 5) is 19.5. The molecule has 0 saturated heterocycles. The normalized spacial score (nSPS) is 10.8. The lowest BCUT2D eigenvalue weighted by atomic mass is 10.2. The van der Waals surface area contributed by atoms with E-state index in [9.17, 15) is 9.18 Å². The van der Waals surface area contributed by atoms with Crippen molar-refractivity contribution in [3.05, 3.63) is 65.7 Å². The van der Waals surface area contributed by atoms with Crippen molar-refractivity contribution in [2.45, 2.75) is 12.3 Å². The number of para-hydroxylation sites is 2. The van der Waals surface area contributed by atoms with Crippen LogP contribution in [0.3, 0.4) is 0 Å². The summed E-state index contributed by atoms with van der Waals surface area (Å²) in [7, 11) is 0. The van der Waals surface area contributed by atoms with Crippen LogP contribution in [0, 0.1) is 5.82 Å². The second kappa shape index (κ2) is 7.28. The van der Waals surface area contributed by atoms with E-state index >= 15 is 0 Å². The zero-order chi connectivity index (χ0) is 16.1. The lowest BCUT2D eigenvalue weighted by Crippen LogP contribution is -2.24. The van der Waals surface area contributed by atoms with Gasteiger partial charge in [-0.05, 0) is 29.8 Å². The van der Waals surface area contributed by atoms with Crippen molar-refractivity contribution >= 4 is 28.7 Å². The Kier molecular flexibility index (Phi) is 4.92. The number of imidazole rings is 1. The summed E-state index contributed by atoms with van der Waals surface area (Å²) in [6, 6.07) is 13.9. The number of aromatic amines is 1. The molecule has 0 spiro atoms. The molecule has 0 saturated carbocycles. The SMILES string of the molecule is O=C(CSCc1nc2ccccc2[nH]1)NCc1ccc(F)cc1.